The predicted molar refractivity (Wildman–Crippen MR) is 119 cm³/mol. The summed E-state index contributed by atoms with van der Waals surface area (Å²) >= 11 is 0. The first-order chi connectivity index (χ1) is 16.0. The van der Waals surface area contributed by atoms with Crippen molar-refractivity contribution < 1.29 is 27.8 Å². The number of fused-ring (bicyclic) bond motifs is 1. The van der Waals surface area contributed by atoms with Gasteiger partial charge in [0.25, 0.3) is 0 Å². The van der Waals surface area contributed by atoms with E-state index in [9.17, 15) is 18.4 Å². The van der Waals surface area contributed by atoms with Gasteiger partial charge in [0, 0.05) is 24.7 Å². The molecule has 34 heavy (non-hydrogen) atoms. The maximum Gasteiger partial charge on any atom is 0.511 e. The van der Waals surface area contributed by atoms with Crippen LogP contribution in [0.25, 0.3) is 16.7 Å². The highest BCUT2D eigenvalue weighted by Gasteiger charge is 2.35. The highest BCUT2D eigenvalue weighted by atomic mass is 19.1. The van der Waals surface area contributed by atoms with Crippen LogP contribution in [0.15, 0.2) is 35.3 Å². The minimum Gasteiger partial charge on any atom is -0.449 e. The van der Waals surface area contributed by atoms with E-state index in [1.54, 1.807) is 4.90 Å². The summed E-state index contributed by atoms with van der Waals surface area (Å²) in [6, 6.07) is 3.66. The number of rotatable bonds is 5. The lowest BCUT2D eigenvalue weighted by Crippen LogP contribution is -2.45. The van der Waals surface area contributed by atoms with Crippen LogP contribution in [0, 0.1) is 23.4 Å². The second kappa shape index (κ2) is 8.64. The van der Waals surface area contributed by atoms with Crippen molar-refractivity contribution in [1.82, 2.24) is 14.9 Å². The van der Waals surface area contributed by atoms with Gasteiger partial charge in [-0.15, -0.1) is 0 Å². The lowest BCUT2D eigenvalue weighted by atomic mass is 9.87. The van der Waals surface area contributed by atoms with Crippen molar-refractivity contribution in [3.63, 3.8) is 0 Å². The van der Waals surface area contributed by atoms with Gasteiger partial charge in [0.1, 0.15) is 11.6 Å². The Balaban J connectivity index is 1.92. The van der Waals surface area contributed by atoms with Crippen LogP contribution >= 0.6 is 0 Å². The average molecular weight is 476 g/mol. The summed E-state index contributed by atoms with van der Waals surface area (Å²) in [5.74, 6) is -3.11. The van der Waals surface area contributed by atoms with Gasteiger partial charge in [0.15, 0.2) is 23.0 Å². The largest absolute Gasteiger partial charge is 0.511 e. The summed E-state index contributed by atoms with van der Waals surface area (Å²) in [5.41, 5.74) is -1.47. The quantitative estimate of drug-likeness (QED) is 0.543. The van der Waals surface area contributed by atoms with E-state index >= 15 is 4.39 Å². The number of benzene rings is 1. The average Bonchev–Trinajstić information content (AvgIpc) is 3.27. The van der Waals surface area contributed by atoms with E-state index in [0.29, 0.717) is 19.2 Å². The number of carbonyl (C=O) groups is 1. The Morgan fingerprint density at radius 2 is 1.97 bits per heavy atom. The summed E-state index contributed by atoms with van der Waals surface area (Å²) < 4.78 is 48.9. The van der Waals surface area contributed by atoms with Crippen molar-refractivity contribution in [2.24, 2.45) is 5.92 Å². The Morgan fingerprint density at radius 1 is 1.24 bits per heavy atom. The number of carboxylic acid groups (broad SMARTS) is 1. The van der Waals surface area contributed by atoms with Crippen LogP contribution < -0.4 is 20.4 Å². The molecular weight excluding hydrogens is 453 g/mol. The first-order valence-electron chi connectivity index (χ1n) is 10.6. The zero-order valence-electron chi connectivity index (χ0n) is 18.7. The fraction of sp³-hybridized carbons (Fsp3) is 0.348. The molecule has 2 N–H and O–H groups in total. The third-order valence-electron chi connectivity index (χ3n) is 6.40. The molecule has 8 nitrogen and oxygen atoms in total. The second-order valence-electron chi connectivity index (χ2n) is 8.72. The van der Waals surface area contributed by atoms with Crippen LogP contribution in [0.1, 0.15) is 20.3 Å². The van der Waals surface area contributed by atoms with Gasteiger partial charge in [0.05, 0.1) is 17.3 Å². The molecule has 0 saturated carbocycles. The maximum absolute atomic E-state index is 15.2. The number of anilines is 1. The van der Waals surface area contributed by atoms with Crippen LogP contribution in [0.4, 0.5) is 23.8 Å². The van der Waals surface area contributed by atoms with Gasteiger partial charge in [-0.25, -0.2) is 22.9 Å². The number of halogens is 3. The second-order valence-corrected chi connectivity index (χ2v) is 8.72. The van der Waals surface area contributed by atoms with Crippen molar-refractivity contribution in [3.05, 3.63) is 58.1 Å². The topological polar surface area (TPSA) is 96.7 Å². The normalized spacial score (nSPS) is 16.3. The summed E-state index contributed by atoms with van der Waals surface area (Å²) in [6.45, 7) is 5.10. The molecule has 3 aromatic rings. The molecule has 0 amide bonds. The molecular formula is C23H23F3N4O4. The molecule has 1 aromatic carbocycles. The van der Waals surface area contributed by atoms with Crippen LogP contribution in [0.3, 0.4) is 0 Å². The van der Waals surface area contributed by atoms with Gasteiger partial charge in [-0.2, -0.15) is 0 Å². The van der Waals surface area contributed by atoms with Crippen molar-refractivity contribution in [2.75, 3.05) is 25.0 Å². The van der Waals surface area contributed by atoms with Gasteiger partial charge in [-0.05, 0) is 51.4 Å². The zero-order valence-corrected chi connectivity index (χ0v) is 18.7. The van der Waals surface area contributed by atoms with Crippen LogP contribution in [0.2, 0.25) is 0 Å². The van der Waals surface area contributed by atoms with Gasteiger partial charge < -0.3 is 20.1 Å². The number of pyridine rings is 2. The molecule has 1 fully saturated rings. The lowest BCUT2D eigenvalue weighted by molar-refractivity contribution is 0.144. The molecule has 1 aliphatic heterocycles. The van der Waals surface area contributed by atoms with Gasteiger partial charge in [-0.1, -0.05) is 0 Å². The van der Waals surface area contributed by atoms with E-state index in [4.69, 9.17) is 5.11 Å². The van der Waals surface area contributed by atoms with Crippen molar-refractivity contribution >= 4 is 23.0 Å². The molecule has 0 bridgehead atoms. The van der Waals surface area contributed by atoms with Crippen LogP contribution in [-0.4, -0.2) is 46.5 Å². The van der Waals surface area contributed by atoms with E-state index in [-0.39, 0.29) is 34.0 Å². The highest BCUT2D eigenvalue weighted by Crippen LogP contribution is 2.32. The highest BCUT2D eigenvalue weighted by molar-refractivity contribution is 5.81. The summed E-state index contributed by atoms with van der Waals surface area (Å²) in [5, 5.41) is 11.9. The van der Waals surface area contributed by atoms with E-state index in [1.807, 2.05) is 20.9 Å². The molecule has 0 unspecified atom stereocenters. The Bertz CT molecular complexity index is 1340. The van der Waals surface area contributed by atoms with E-state index in [1.165, 1.54) is 0 Å². The van der Waals surface area contributed by atoms with E-state index < -0.39 is 34.8 Å². The molecule has 1 atom stereocenters. The fourth-order valence-electron chi connectivity index (χ4n) is 4.18. The molecule has 0 radical (unpaired) electrons. The Kier molecular flexibility index (Phi) is 5.98. The summed E-state index contributed by atoms with van der Waals surface area (Å²) in [7, 11) is 1.85. The maximum atomic E-state index is 15.2. The third-order valence-corrected chi connectivity index (χ3v) is 6.40. The molecule has 180 valence electrons. The number of hydrogen-bond donors (Lipinski definition) is 2. The van der Waals surface area contributed by atoms with E-state index in [2.05, 4.69) is 15.0 Å². The monoisotopic (exact) mass is 476 g/mol. The summed E-state index contributed by atoms with van der Waals surface area (Å²) in [6.07, 6.45) is -0.0544. The Labute approximate surface area is 192 Å². The molecule has 1 aliphatic rings. The van der Waals surface area contributed by atoms with Crippen LogP contribution in [0.5, 0.6) is 5.75 Å². The van der Waals surface area contributed by atoms with Crippen molar-refractivity contribution in [1.29, 1.82) is 0 Å². The first kappa shape index (κ1) is 23.6. The number of nitrogens with one attached hydrogen (secondary N) is 1. The first-order valence-corrected chi connectivity index (χ1v) is 10.6. The van der Waals surface area contributed by atoms with Crippen LogP contribution in [-0.2, 0) is 0 Å². The predicted octanol–water partition coefficient (Wildman–Crippen LogP) is 3.68. The molecule has 2 aromatic heterocycles. The van der Waals surface area contributed by atoms with Crippen molar-refractivity contribution in [2.45, 2.75) is 25.8 Å². The minimum atomic E-state index is -1.78. The fourth-order valence-corrected chi connectivity index (χ4v) is 4.18. The molecule has 0 spiro atoms. The minimum absolute atomic E-state index is 0.0236. The number of ether oxygens (including phenoxy) is 1. The molecule has 11 heteroatoms. The standard InChI is InChI=1S/C23H23F3N4O4/c1-23(2,27-3)12-6-7-29(10-12)21-16(26)9-14-19(31)18(34-22(32)33)11-30(20(14)28-21)17-5-4-13(24)8-15(17)25/h4-5,8-9,11-12,27H,6-7,10H2,1-3H3,(H,32,33)/t12-/m1/s1. The Hall–Kier alpha value is -3.60. The smallest absolute Gasteiger partial charge is 0.449 e. The summed E-state index contributed by atoms with van der Waals surface area (Å²) in [4.78, 5) is 30.0. The van der Waals surface area contributed by atoms with Gasteiger partial charge in [-0.3, -0.25) is 9.36 Å². The third kappa shape index (κ3) is 4.18. The molecule has 3 heterocycles. The SMILES string of the molecule is CNC(C)(C)[C@@H]1CCN(c2nc3c(cc2F)c(=O)c(OC(=O)O)cn3-c2ccc(F)cc2F)C1. The number of aromatic nitrogens is 2. The molecule has 0 aliphatic carbocycles. The van der Waals surface area contributed by atoms with Crippen molar-refractivity contribution in [3.8, 4) is 11.4 Å². The number of nitrogens with zero attached hydrogens (tertiary/aromatic N) is 3. The van der Waals surface area contributed by atoms with Gasteiger partial charge in [0.2, 0.25) is 5.43 Å². The van der Waals surface area contributed by atoms with Gasteiger partial charge >= 0.3 is 6.16 Å². The molecule has 1 saturated heterocycles. The van der Waals surface area contributed by atoms with E-state index in [0.717, 1.165) is 35.4 Å². The Morgan fingerprint density at radius 3 is 2.62 bits per heavy atom. The number of hydrogen-bond acceptors (Lipinski definition) is 6. The zero-order chi connectivity index (χ0) is 24.8. The lowest BCUT2D eigenvalue weighted by Gasteiger charge is -2.31. The molecule has 4 rings (SSSR count).